The lowest BCUT2D eigenvalue weighted by atomic mass is 9.89. The second kappa shape index (κ2) is 8.41. The molecule has 4 heteroatoms. The van der Waals surface area contributed by atoms with E-state index >= 15 is 0 Å². The van der Waals surface area contributed by atoms with Crippen LogP contribution in [0.5, 0.6) is 0 Å². The summed E-state index contributed by atoms with van der Waals surface area (Å²) in [6.07, 6.45) is 7.00. The lowest BCUT2D eigenvalue weighted by Crippen LogP contribution is -2.48. The average Bonchev–Trinajstić information content (AvgIpc) is 3.02. The van der Waals surface area contributed by atoms with Crippen LogP contribution in [-0.4, -0.2) is 10.7 Å². The van der Waals surface area contributed by atoms with Crippen LogP contribution < -0.4 is 10.6 Å². The average molecular weight is 387 g/mol. The van der Waals surface area contributed by atoms with E-state index in [1.807, 2.05) is 12.1 Å². The van der Waals surface area contributed by atoms with Gasteiger partial charge in [-0.25, -0.2) is 0 Å². The SMILES string of the molecule is Cc1cc(C)cc(NC(=S)NC2(CCc3ccc(Cl)cc3)CCCC2)c1. The molecule has 0 spiro atoms. The molecule has 2 N–H and O–H groups in total. The first-order chi connectivity index (χ1) is 12.4. The summed E-state index contributed by atoms with van der Waals surface area (Å²) in [5.74, 6) is 0. The highest BCUT2D eigenvalue weighted by Gasteiger charge is 2.34. The number of aryl methyl sites for hydroxylation is 3. The highest BCUT2D eigenvalue weighted by atomic mass is 35.5. The number of hydrogen-bond donors (Lipinski definition) is 2. The van der Waals surface area contributed by atoms with Gasteiger partial charge in [0, 0.05) is 16.2 Å². The van der Waals surface area contributed by atoms with Crippen molar-refractivity contribution in [2.24, 2.45) is 0 Å². The molecule has 0 unspecified atom stereocenters. The minimum atomic E-state index is 0.0998. The Bertz CT molecular complexity index is 744. The zero-order valence-corrected chi connectivity index (χ0v) is 17.1. The maximum Gasteiger partial charge on any atom is 0.171 e. The van der Waals surface area contributed by atoms with Crippen molar-refractivity contribution in [1.29, 1.82) is 0 Å². The molecule has 0 aromatic heterocycles. The summed E-state index contributed by atoms with van der Waals surface area (Å²) in [7, 11) is 0. The highest BCUT2D eigenvalue weighted by Crippen LogP contribution is 2.34. The summed E-state index contributed by atoms with van der Waals surface area (Å²) in [5, 5.41) is 8.56. The zero-order valence-electron chi connectivity index (χ0n) is 15.6. The lowest BCUT2D eigenvalue weighted by Gasteiger charge is -2.32. The molecule has 1 fully saturated rings. The molecule has 1 saturated carbocycles. The number of nitrogens with one attached hydrogen (secondary N) is 2. The van der Waals surface area contributed by atoms with Gasteiger partial charge in [0.05, 0.1) is 0 Å². The fourth-order valence-corrected chi connectivity index (χ4v) is 4.43. The van der Waals surface area contributed by atoms with Gasteiger partial charge in [0.1, 0.15) is 0 Å². The number of anilines is 1. The van der Waals surface area contributed by atoms with E-state index in [4.69, 9.17) is 23.8 Å². The van der Waals surface area contributed by atoms with E-state index in [0.717, 1.165) is 28.7 Å². The minimum absolute atomic E-state index is 0.0998. The number of rotatable bonds is 5. The third-order valence-electron chi connectivity index (χ3n) is 5.22. The molecular weight excluding hydrogens is 360 g/mol. The molecule has 2 aromatic carbocycles. The fourth-order valence-electron chi connectivity index (χ4n) is 3.97. The minimum Gasteiger partial charge on any atom is -0.357 e. The van der Waals surface area contributed by atoms with Gasteiger partial charge >= 0.3 is 0 Å². The van der Waals surface area contributed by atoms with Gasteiger partial charge in [-0.15, -0.1) is 0 Å². The van der Waals surface area contributed by atoms with Crippen LogP contribution in [0.25, 0.3) is 0 Å². The van der Waals surface area contributed by atoms with Crippen LogP contribution in [0.15, 0.2) is 42.5 Å². The van der Waals surface area contributed by atoms with Crippen LogP contribution in [0.3, 0.4) is 0 Å². The molecule has 0 bridgehead atoms. The Hall–Kier alpha value is -1.58. The van der Waals surface area contributed by atoms with Gasteiger partial charge in [-0.05, 0) is 92.7 Å². The Balaban J connectivity index is 1.63. The first kappa shape index (κ1) is 19.2. The summed E-state index contributed by atoms with van der Waals surface area (Å²) in [5.41, 5.74) is 4.98. The molecule has 0 heterocycles. The molecule has 0 amide bonds. The number of thiocarbonyl (C=S) groups is 1. The second-order valence-corrected chi connectivity index (χ2v) is 8.41. The third-order valence-corrected chi connectivity index (χ3v) is 5.68. The largest absolute Gasteiger partial charge is 0.357 e. The first-order valence-corrected chi connectivity index (χ1v) is 10.1. The van der Waals surface area contributed by atoms with Crippen molar-refractivity contribution in [2.45, 2.75) is 57.9 Å². The maximum atomic E-state index is 6.00. The molecule has 0 radical (unpaired) electrons. The van der Waals surface area contributed by atoms with Crippen LogP contribution in [0, 0.1) is 13.8 Å². The zero-order chi connectivity index (χ0) is 18.6. The predicted octanol–water partition coefficient (Wildman–Crippen LogP) is 6.19. The second-order valence-electron chi connectivity index (χ2n) is 7.57. The van der Waals surface area contributed by atoms with Gasteiger partial charge in [-0.2, -0.15) is 0 Å². The molecule has 2 aromatic rings. The van der Waals surface area contributed by atoms with Crippen LogP contribution in [0.1, 0.15) is 48.8 Å². The van der Waals surface area contributed by atoms with E-state index in [1.165, 1.54) is 42.4 Å². The van der Waals surface area contributed by atoms with E-state index in [-0.39, 0.29) is 5.54 Å². The molecule has 3 rings (SSSR count). The van der Waals surface area contributed by atoms with E-state index in [9.17, 15) is 0 Å². The van der Waals surface area contributed by atoms with Gasteiger partial charge in [0.2, 0.25) is 0 Å². The Morgan fingerprint density at radius 3 is 2.27 bits per heavy atom. The Labute approximate surface area is 167 Å². The van der Waals surface area contributed by atoms with Crippen molar-refractivity contribution < 1.29 is 0 Å². The van der Waals surface area contributed by atoms with Crippen LogP contribution in [0.4, 0.5) is 5.69 Å². The number of halogens is 1. The molecule has 0 saturated heterocycles. The van der Waals surface area contributed by atoms with Crippen molar-refractivity contribution in [3.05, 3.63) is 64.2 Å². The standard InChI is InChI=1S/C22H27ClN2S/c1-16-13-17(2)15-20(14-16)24-21(26)25-22(10-3-4-11-22)12-9-18-5-7-19(23)8-6-18/h5-8,13-15H,3-4,9-12H2,1-2H3,(H2,24,25,26). The molecule has 0 aliphatic heterocycles. The maximum absolute atomic E-state index is 6.00. The summed E-state index contributed by atoms with van der Waals surface area (Å²) in [6.45, 7) is 4.22. The Morgan fingerprint density at radius 1 is 1.04 bits per heavy atom. The molecule has 26 heavy (non-hydrogen) atoms. The van der Waals surface area contributed by atoms with E-state index < -0.39 is 0 Å². The monoisotopic (exact) mass is 386 g/mol. The van der Waals surface area contributed by atoms with Crippen molar-refractivity contribution in [3.63, 3.8) is 0 Å². The summed E-state index contributed by atoms with van der Waals surface area (Å²) in [4.78, 5) is 0. The van der Waals surface area contributed by atoms with Crippen molar-refractivity contribution in [2.75, 3.05) is 5.32 Å². The predicted molar refractivity (Wildman–Crippen MR) is 116 cm³/mol. The molecule has 0 atom stereocenters. The van der Waals surface area contributed by atoms with Gasteiger partial charge in [0.15, 0.2) is 5.11 Å². The van der Waals surface area contributed by atoms with Gasteiger partial charge < -0.3 is 10.6 Å². The van der Waals surface area contributed by atoms with E-state index in [0.29, 0.717) is 0 Å². The van der Waals surface area contributed by atoms with E-state index in [1.54, 1.807) is 0 Å². The fraction of sp³-hybridized carbons (Fsp3) is 0.409. The van der Waals surface area contributed by atoms with Crippen molar-refractivity contribution in [3.8, 4) is 0 Å². The molecular formula is C22H27ClN2S. The molecule has 138 valence electrons. The summed E-state index contributed by atoms with van der Waals surface area (Å²) in [6, 6.07) is 14.6. The Kier molecular flexibility index (Phi) is 6.20. The topological polar surface area (TPSA) is 24.1 Å². The quantitative estimate of drug-likeness (QED) is 0.599. The summed E-state index contributed by atoms with van der Waals surface area (Å²) >= 11 is 11.6. The van der Waals surface area contributed by atoms with Gasteiger partial charge in [0.25, 0.3) is 0 Å². The van der Waals surface area contributed by atoms with Crippen molar-refractivity contribution in [1.82, 2.24) is 5.32 Å². The normalized spacial score (nSPS) is 15.7. The highest BCUT2D eigenvalue weighted by molar-refractivity contribution is 7.80. The first-order valence-electron chi connectivity index (χ1n) is 9.36. The molecule has 2 nitrogen and oxygen atoms in total. The number of benzene rings is 2. The van der Waals surface area contributed by atoms with Gasteiger partial charge in [-0.3, -0.25) is 0 Å². The Morgan fingerprint density at radius 2 is 1.65 bits per heavy atom. The van der Waals surface area contributed by atoms with Crippen LogP contribution >= 0.6 is 23.8 Å². The third kappa shape index (κ3) is 5.21. The molecule has 1 aliphatic carbocycles. The lowest BCUT2D eigenvalue weighted by molar-refractivity contribution is 0.362. The molecule has 1 aliphatic rings. The van der Waals surface area contributed by atoms with Crippen molar-refractivity contribution >= 4 is 34.6 Å². The van der Waals surface area contributed by atoms with Crippen LogP contribution in [0.2, 0.25) is 5.02 Å². The number of hydrogen-bond acceptors (Lipinski definition) is 1. The summed E-state index contributed by atoms with van der Waals surface area (Å²) < 4.78 is 0. The smallest absolute Gasteiger partial charge is 0.171 e. The van der Waals surface area contributed by atoms with Crippen LogP contribution in [-0.2, 0) is 6.42 Å². The van der Waals surface area contributed by atoms with E-state index in [2.05, 4.69) is 54.8 Å². The van der Waals surface area contributed by atoms with Gasteiger partial charge in [-0.1, -0.05) is 42.6 Å².